The lowest BCUT2D eigenvalue weighted by atomic mass is 10.2. The molecule has 0 amide bonds. The van der Waals surface area contributed by atoms with Gasteiger partial charge < -0.3 is 14.6 Å². The van der Waals surface area contributed by atoms with Crippen molar-refractivity contribution in [3.05, 3.63) is 45.9 Å². The lowest BCUT2D eigenvalue weighted by molar-refractivity contribution is 0.373. The maximum atomic E-state index is 12.3. The van der Waals surface area contributed by atoms with E-state index < -0.39 is 10.0 Å². The van der Waals surface area contributed by atoms with E-state index in [2.05, 4.69) is 5.10 Å². The summed E-state index contributed by atoms with van der Waals surface area (Å²) in [5.74, 6) is 0.0334. The first-order chi connectivity index (χ1) is 11.8. The quantitative estimate of drug-likeness (QED) is 0.569. The molecular weight excluding hydrogens is 391 g/mol. The van der Waals surface area contributed by atoms with Crippen LogP contribution in [0.15, 0.2) is 40.3 Å². The summed E-state index contributed by atoms with van der Waals surface area (Å²) >= 11 is 11.8. The third-order valence-electron chi connectivity index (χ3n) is 3.12. The maximum absolute atomic E-state index is 12.3. The van der Waals surface area contributed by atoms with Crippen molar-refractivity contribution in [2.24, 2.45) is 5.10 Å². The molecule has 0 fully saturated rings. The zero-order chi connectivity index (χ0) is 18.6. The molecular formula is C15H14Cl2N2O5S. The van der Waals surface area contributed by atoms with Gasteiger partial charge in [-0.3, -0.25) is 0 Å². The monoisotopic (exact) mass is 404 g/mol. The highest BCUT2D eigenvalue weighted by Crippen LogP contribution is 2.35. The minimum absolute atomic E-state index is 0.0253. The van der Waals surface area contributed by atoms with Crippen molar-refractivity contribution in [3.63, 3.8) is 0 Å². The summed E-state index contributed by atoms with van der Waals surface area (Å²) in [6.07, 6.45) is 1.15. The van der Waals surface area contributed by atoms with Crippen LogP contribution in [0.2, 0.25) is 10.0 Å². The Bertz CT molecular complexity index is 916. The van der Waals surface area contributed by atoms with Crippen molar-refractivity contribution in [1.29, 1.82) is 0 Å². The Labute approximate surface area is 154 Å². The first kappa shape index (κ1) is 19.2. The number of benzene rings is 2. The molecule has 0 heterocycles. The number of nitrogens with one attached hydrogen (secondary N) is 1. The standard InChI is InChI=1S/C15H14Cl2N2O5S/c1-23-11-6-4-10(16)7-13(11)25(21,22)19-18-8-9-3-5-12(24-2)15(20)14(9)17/h3-8,19-20H,1-2H3/b18-8+. The summed E-state index contributed by atoms with van der Waals surface area (Å²) in [5.41, 5.74) is 0.292. The van der Waals surface area contributed by atoms with Gasteiger partial charge in [0.15, 0.2) is 11.5 Å². The zero-order valence-corrected chi connectivity index (χ0v) is 15.5. The summed E-state index contributed by atoms with van der Waals surface area (Å²) in [7, 11) is -1.30. The molecule has 0 bridgehead atoms. The van der Waals surface area contributed by atoms with Gasteiger partial charge in [-0.1, -0.05) is 23.2 Å². The molecule has 134 valence electrons. The second-order valence-electron chi connectivity index (χ2n) is 4.67. The zero-order valence-electron chi connectivity index (χ0n) is 13.2. The predicted octanol–water partition coefficient (Wildman–Crippen LogP) is 3.03. The van der Waals surface area contributed by atoms with Gasteiger partial charge >= 0.3 is 0 Å². The van der Waals surface area contributed by atoms with Crippen molar-refractivity contribution in [2.45, 2.75) is 4.90 Å². The number of hydrazone groups is 1. The van der Waals surface area contributed by atoms with Crippen LogP contribution < -0.4 is 14.3 Å². The van der Waals surface area contributed by atoms with Gasteiger partial charge in [0.25, 0.3) is 10.0 Å². The lowest BCUT2D eigenvalue weighted by Gasteiger charge is -2.09. The SMILES string of the molecule is COc1ccc(Cl)cc1S(=O)(=O)N/N=C/c1ccc(OC)c(O)c1Cl. The number of methoxy groups -OCH3 is 2. The van der Waals surface area contributed by atoms with Gasteiger partial charge in [-0.25, -0.2) is 0 Å². The highest BCUT2D eigenvalue weighted by molar-refractivity contribution is 7.89. The topological polar surface area (TPSA) is 97.2 Å². The molecule has 0 aliphatic rings. The minimum atomic E-state index is -4.02. The third kappa shape index (κ3) is 4.28. The van der Waals surface area contributed by atoms with E-state index in [4.69, 9.17) is 32.7 Å². The van der Waals surface area contributed by atoms with Crippen LogP contribution in [0.25, 0.3) is 0 Å². The van der Waals surface area contributed by atoms with Crippen LogP contribution in [0.4, 0.5) is 0 Å². The van der Waals surface area contributed by atoms with Crippen molar-refractivity contribution in [2.75, 3.05) is 14.2 Å². The van der Waals surface area contributed by atoms with Gasteiger partial charge in [0.05, 0.1) is 25.5 Å². The van der Waals surface area contributed by atoms with E-state index in [-0.39, 0.29) is 32.2 Å². The van der Waals surface area contributed by atoms with Gasteiger partial charge in [-0.05, 0) is 30.3 Å². The Morgan fingerprint density at radius 1 is 1.12 bits per heavy atom. The number of halogens is 2. The molecule has 0 spiro atoms. The number of hydrogen-bond donors (Lipinski definition) is 2. The average Bonchev–Trinajstić information content (AvgIpc) is 2.58. The van der Waals surface area contributed by atoms with E-state index in [0.717, 1.165) is 6.21 Å². The third-order valence-corrected chi connectivity index (χ3v) is 5.00. The Hall–Kier alpha value is -2.16. The van der Waals surface area contributed by atoms with E-state index in [0.29, 0.717) is 5.56 Å². The molecule has 0 saturated heterocycles. The highest BCUT2D eigenvalue weighted by atomic mass is 35.5. The van der Waals surface area contributed by atoms with E-state index in [1.165, 1.54) is 44.6 Å². The fourth-order valence-corrected chi connectivity index (χ4v) is 3.33. The molecule has 2 aromatic rings. The molecule has 7 nitrogen and oxygen atoms in total. The van der Waals surface area contributed by atoms with Crippen molar-refractivity contribution in [1.82, 2.24) is 4.83 Å². The molecule has 2 N–H and O–H groups in total. The van der Waals surface area contributed by atoms with E-state index in [1.54, 1.807) is 0 Å². The predicted molar refractivity (Wildman–Crippen MR) is 95.6 cm³/mol. The molecule has 0 radical (unpaired) electrons. The number of hydrogen-bond acceptors (Lipinski definition) is 6. The molecule has 0 atom stereocenters. The van der Waals surface area contributed by atoms with E-state index in [9.17, 15) is 13.5 Å². The van der Waals surface area contributed by atoms with Gasteiger partial charge in [0.1, 0.15) is 10.6 Å². The Balaban J connectivity index is 2.27. The summed E-state index contributed by atoms with van der Waals surface area (Å²) in [6, 6.07) is 7.15. The van der Waals surface area contributed by atoms with Crippen molar-refractivity contribution in [3.8, 4) is 17.2 Å². The molecule has 2 rings (SSSR count). The van der Waals surface area contributed by atoms with Crippen LogP contribution >= 0.6 is 23.2 Å². The summed E-state index contributed by atoms with van der Waals surface area (Å²) in [4.78, 5) is 1.87. The number of phenols is 1. The Kier molecular flexibility index (Phi) is 5.99. The first-order valence-electron chi connectivity index (χ1n) is 6.74. The lowest BCUT2D eigenvalue weighted by Crippen LogP contribution is -2.19. The Morgan fingerprint density at radius 2 is 1.76 bits per heavy atom. The number of aromatic hydroxyl groups is 1. The number of nitrogens with zero attached hydrogens (tertiary/aromatic N) is 1. The van der Waals surface area contributed by atoms with Crippen LogP contribution in [0.1, 0.15) is 5.56 Å². The Morgan fingerprint density at radius 3 is 2.40 bits per heavy atom. The van der Waals surface area contributed by atoms with Crippen molar-refractivity contribution >= 4 is 39.4 Å². The summed E-state index contributed by atoms with van der Waals surface area (Å²) < 4.78 is 34.6. The minimum Gasteiger partial charge on any atom is -0.503 e. The van der Waals surface area contributed by atoms with Crippen LogP contribution in [-0.4, -0.2) is 34.0 Å². The number of ether oxygens (including phenoxy) is 2. The maximum Gasteiger partial charge on any atom is 0.280 e. The van der Waals surface area contributed by atoms with Gasteiger partial charge in [-0.2, -0.15) is 18.4 Å². The van der Waals surface area contributed by atoms with Crippen LogP contribution in [0.3, 0.4) is 0 Å². The molecule has 0 unspecified atom stereocenters. The molecule has 25 heavy (non-hydrogen) atoms. The number of sulfonamides is 1. The first-order valence-corrected chi connectivity index (χ1v) is 8.98. The largest absolute Gasteiger partial charge is 0.503 e. The summed E-state index contributed by atoms with van der Waals surface area (Å²) in [6.45, 7) is 0. The smallest absolute Gasteiger partial charge is 0.280 e. The van der Waals surface area contributed by atoms with E-state index in [1.807, 2.05) is 4.83 Å². The summed E-state index contributed by atoms with van der Waals surface area (Å²) in [5, 5.41) is 13.7. The molecule has 0 aliphatic carbocycles. The normalized spacial score (nSPS) is 11.5. The number of rotatable bonds is 6. The van der Waals surface area contributed by atoms with E-state index >= 15 is 0 Å². The fourth-order valence-electron chi connectivity index (χ4n) is 1.90. The molecule has 0 saturated carbocycles. The second-order valence-corrected chi connectivity index (χ2v) is 7.11. The van der Waals surface area contributed by atoms with Gasteiger partial charge in [-0.15, -0.1) is 0 Å². The second kappa shape index (κ2) is 7.81. The molecule has 0 aromatic heterocycles. The fraction of sp³-hybridized carbons (Fsp3) is 0.133. The number of phenolic OH excluding ortho intramolecular Hbond substituents is 1. The average molecular weight is 405 g/mol. The highest BCUT2D eigenvalue weighted by Gasteiger charge is 2.19. The molecule has 10 heteroatoms. The molecule has 2 aromatic carbocycles. The molecule has 0 aliphatic heterocycles. The van der Waals surface area contributed by atoms with Crippen molar-refractivity contribution < 1.29 is 23.0 Å². The van der Waals surface area contributed by atoms with Crippen LogP contribution in [0, 0.1) is 0 Å². The van der Waals surface area contributed by atoms with Crippen LogP contribution in [-0.2, 0) is 10.0 Å². The van der Waals surface area contributed by atoms with Gasteiger partial charge in [0, 0.05) is 10.6 Å². The van der Waals surface area contributed by atoms with Crippen LogP contribution in [0.5, 0.6) is 17.2 Å². The van der Waals surface area contributed by atoms with Gasteiger partial charge in [0.2, 0.25) is 0 Å².